The third-order valence-electron chi connectivity index (χ3n) is 12.9. The van der Waals surface area contributed by atoms with E-state index in [4.69, 9.17) is 9.47 Å². The Morgan fingerprint density at radius 1 is 0.827 bits per heavy atom. The van der Waals surface area contributed by atoms with Gasteiger partial charge >= 0.3 is 0 Å². The molecule has 2 N–H and O–H groups in total. The minimum atomic E-state index is -1.36. The average molecular weight is 721 g/mol. The SMILES string of the molecule is CN1CCN(CCCNC(=O)C2=CN3C4CC5C(=O)c6ccccc6C(=O)C5CC4OC4C(NCCCN5CCOCC5)C(F)CC(C2=O)C43)CC1. The number of Topliss-reactive ketones (excluding diaryl/α,β-unsaturated/α-hetero) is 3. The molecule has 8 rings (SSSR count). The number of ether oxygens (including phenoxy) is 2. The van der Waals surface area contributed by atoms with Crippen LogP contribution in [0.15, 0.2) is 36.0 Å². The highest BCUT2D eigenvalue weighted by molar-refractivity contribution is 6.20. The number of nitrogens with one attached hydrogen (secondary N) is 2. The van der Waals surface area contributed by atoms with Gasteiger partial charge in [0.05, 0.1) is 49.1 Å². The van der Waals surface area contributed by atoms with Gasteiger partial charge in [0.15, 0.2) is 17.3 Å². The molecule has 4 heterocycles. The first kappa shape index (κ1) is 35.9. The number of carbonyl (C=O) groups excluding carboxylic acids is 4. The molecule has 1 amide bonds. The Labute approximate surface area is 305 Å². The Kier molecular flexibility index (Phi) is 10.6. The van der Waals surface area contributed by atoms with Gasteiger partial charge in [-0.15, -0.1) is 0 Å². The van der Waals surface area contributed by atoms with Crippen LogP contribution in [0.2, 0.25) is 0 Å². The lowest BCUT2D eigenvalue weighted by Gasteiger charge is -2.60. The summed E-state index contributed by atoms with van der Waals surface area (Å²) in [5, 5.41) is 6.45. The Balaban J connectivity index is 1.02. The van der Waals surface area contributed by atoms with Crippen LogP contribution < -0.4 is 10.6 Å². The number of benzene rings is 1. The van der Waals surface area contributed by atoms with E-state index in [1.165, 1.54) is 0 Å². The zero-order valence-electron chi connectivity index (χ0n) is 30.2. The molecule has 9 atom stereocenters. The predicted molar refractivity (Wildman–Crippen MR) is 191 cm³/mol. The fourth-order valence-electron chi connectivity index (χ4n) is 9.98. The molecule has 9 unspecified atom stereocenters. The van der Waals surface area contributed by atoms with Gasteiger partial charge in [0.1, 0.15) is 6.17 Å². The standard InChI is InChI=1S/C39H53FN6O6/c1-43-12-14-44(15-13-43)10-5-9-42-39(50)29-23-46-31-21-26-27(36(48)25-7-3-2-6-24(25)35(26)47)22-32(31)52-38-33(30(40)20-28(34(38)46)37(29)49)41-8-4-11-45-16-18-51-19-17-45/h2-3,6-7,23,26-28,30-34,38,41H,4-5,8-22H2,1H3,(H,42,50). The Hall–Kier alpha value is -3.07. The van der Waals surface area contributed by atoms with Crippen molar-refractivity contribution >= 4 is 23.3 Å². The monoisotopic (exact) mass is 720 g/mol. The van der Waals surface area contributed by atoms with E-state index in [1.54, 1.807) is 30.5 Å². The number of rotatable bonds is 10. The number of hydrogen-bond acceptors (Lipinski definition) is 11. The van der Waals surface area contributed by atoms with E-state index < -0.39 is 54.1 Å². The second kappa shape index (κ2) is 15.3. The van der Waals surface area contributed by atoms with Crippen LogP contribution in [0.5, 0.6) is 0 Å². The topological polar surface area (TPSA) is 124 Å². The van der Waals surface area contributed by atoms with Crippen LogP contribution in [0.3, 0.4) is 0 Å². The first-order chi connectivity index (χ1) is 25.3. The number of carbonyl (C=O) groups is 4. The normalized spacial score (nSPS) is 35.3. The average Bonchev–Trinajstić information content (AvgIpc) is 3.16. The first-order valence-electron chi connectivity index (χ1n) is 19.5. The van der Waals surface area contributed by atoms with Crippen LogP contribution >= 0.6 is 0 Å². The maximum Gasteiger partial charge on any atom is 0.256 e. The molecule has 3 aliphatic carbocycles. The highest BCUT2D eigenvalue weighted by atomic mass is 19.1. The number of ketones is 3. The maximum atomic E-state index is 16.3. The predicted octanol–water partition coefficient (Wildman–Crippen LogP) is 1.16. The van der Waals surface area contributed by atoms with Gasteiger partial charge in [0.2, 0.25) is 0 Å². The molecule has 0 spiro atoms. The smallest absolute Gasteiger partial charge is 0.256 e. The maximum absolute atomic E-state index is 16.3. The lowest BCUT2D eigenvalue weighted by molar-refractivity contribution is -0.202. The summed E-state index contributed by atoms with van der Waals surface area (Å²) in [7, 11) is 2.12. The number of likely N-dealkylation sites (N-methyl/N-ethyl adjacent to an activating group) is 1. The van der Waals surface area contributed by atoms with Crippen molar-refractivity contribution in [3.05, 3.63) is 47.2 Å². The van der Waals surface area contributed by atoms with Crippen LogP contribution in [0.4, 0.5) is 4.39 Å². The summed E-state index contributed by atoms with van der Waals surface area (Å²) in [6, 6.07) is 5.55. The van der Waals surface area contributed by atoms with Crippen molar-refractivity contribution in [1.82, 2.24) is 30.2 Å². The molecular weight excluding hydrogens is 667 g/mol. The van der Waals surface area contributed by atoms with Gasteiger partial charge < -0.3 is 34.8 Å². The molecule has 4 aliphatic heterocycles. The quantitative estimate of drug-likeness (QED) is 0.268. The van der Waals surface area contributed by atoms with Gasteiger partial charge in [-0.3, -0.25) is 24.1 Å². The molecule has 5 fully saturated rings. The molecule has 2 saturated carbocycles. The van der Waals surface area contributed by atoms with E-state index in [9.17, 15) is 19.2 Å². The Morgan fingerprint density at radius 2 is 1.48 bits per heavy atom. The molecule has 282 valence electrons. The highest BCUT2D eigenvalue weighted by Crippen LogP contribution is 2.49. The molecule has 12 nitrogen and oxygen atoms in total. The van der Waals surface area contributed by atoms with E-state index in [1.807, 2.05) is 0 Å². The van der Waals surface area contributed by atoms with Crippen molar-refractivity contribution in [3.63, 3.8) is 0 Å². The fourth-order valence-corrected chi connectivity index (χ4v) is 9.98. The van der Waals surface area contributed by atoms with Crippen molar-refractivity contribution in [2.24, 2.45) is 17.8 Å². The summed E-state index contributed by atoms with van der Waals surface area (Å²) in [6.07, 6.45) is 1.48. The molecule has 3 saturated heterocycles. The molecule has 0 bridgehead atoms. The largest absolute Gasteiger partial charge is 0.379 e. The van der Waals surface area contributed by atoms with Gasteiger partial charge in [0, 0.05) is 80.9 Å². The van der Waals surface area contributed by atoms with Crippen molar-refractivity contribution in [2.75, 3.05) is 85.7 Å². The van der Waals surface area contributed by atoms with Crippen LogP contribution in [0.1, 0.15) is 52.8 Å². The van der Waals surface area contributed by atoms with Gasteiger partial charge in [-0.2, -0.15) is 0 Å². The second-order valence-corrected chi connectivity index (χ2v) is 15.9. The Morgan fingerprint density at radius 3 is 2.19 bits per heavy atom. The molecule has 1 aromatic carbocycles. The van der Waals surface area contributed by atoms with E-state index in [0.29, 0.717) is 37.1 Å². The molecule has 0 aromatic heterocycles. The number of piperazine rings is 1. The fraction of sp³-hybridized carbons (Fsp3) is 0.692. The summed E-state index contributed by atoms with van der Waals surface area (Å²) in [6.45, 7) is 10.0. The number of morpholine rings is 2. The van der Waals surface area contributed by atoms with E-state index in [0.717, 1.165) is 78.4 Å². The molecule has 0 radical (unpaired) electrons. The van der Waals surface area contributed by atoms with E-state index >= 15 is 4.39 Å². The number of nitrogens with zero attached hydrogens (tertiary/aromatic N) is 4. The van der Waals surface area contributed by atoms with Crippen molar-refractivity contribution in [2.45, 2.75) is 68.6 Å². The summed E-state index contributed by atoms with van der Waals surface area (Å²) >= 11 is 0. The summed E-state index contributed by atoms with van der Waals surface area (Å²) < 4.78 is 28.7. The van der Waals surface area contributed by atoms with Crippen LogP contribution in [0, 0.1) is 17.8 Å². The van der Waals surface area contributed by atoms with Crippen molar-refractivity contribution in [1.29, 1.82) is 0 Å². The zero-order valence-corrected chi connectivity index (χ0v) is 30.2. The van der Waals surface area contributed by atoms with Crippen molar-refractivity contribution in [3.8, 4) is 0 Å². The number of alkyl halides is 1. The minimum absolute atomic E-state index is 0.0107. The number of fused-ring (bicyclic) bond motifs is 4. The molecule has 52 heavy (non-hydrogen) atoms. The summed E-state index contributed by atoms with van der Waals surface area (Å²) in [5.74, 6) is -2.68. The number of amides is 1. The van der Waals surface area contributed by atoms with Crippen molar-refractivity contribution < 1.29 is 33.0 Å². The van der Waals surface area contributed by atoms with E-state index in [-0.39, 0.29) is 35.4 Å². The summed E-state index contributed by atoms with van der Waals surface area (Å²) in [5.41, 5.74) is 0.958. The number of halogens is 1. The first-order valence-corrected chi connectivity index (χ1v) is 19.5. The van der Waals surface area contributed by atoms with Crippen LogP contribution in [0.25, 0.3) is 0 Å². The molecule has 1 aromatic rings. The summed E-state index contributed by atoms with van der Waals surface area (Å²) in [4.78, 5) is 64.6. The van der Waals surface area contributed by atoms with Gasteiger partial charge in [-0.25, -0.2) is 4.39 Å². The van der Waals surface area contributed by atoms with Gasteiger partial charge in [0.25, 0.3) is 5.91 Å². The molecule has 7 aliphatic rings. The number of hydrogen-bond donors (Lipinski definition) is 2. The van der Waals surface area contributed by atoms with Gasteiger partial charge in [-0.05, 0) is 58.8 Å². The lowest BCUT2D eigenvalue weighted by atomic mass is 9.63. The van der Waals surface area contributed by atoms with Gasteiger partial charge in [-0.1, -0.05) is 24.3 Å². The second-order valence-electron chi connectivity index (χ2n) is 15.9. The lowest BCUT2D eigenvalue weighted by Crippen LogP contribution is -2.73. The van der Waals surface area contributed by atoms with Crippen LogP contribution in [-0.2, 0) is 19.1 Å². The third kappa shape index (κ3) is 6.88. The molecule has 13 heteroatoms. The Bertz CT molecular complexity index is 1560. The van der Waals surface area contributed by atoms with Crippen LogP contribution in [-0.4, -0.2) is 165 Å². The van der Waals surface area contributed by atoms with E-state index in [2.05, 4.69) is 37.3 Å². The zero-order chi connectivity index (χ0) is 35.9. The molecular formula is C39H53FN6O6. The highest BCUT2D eigenvalue weighted by Gasteiger charge is 2.61. The third-order valence-corrected chi connectivity index (χ3v) is 12.9. The minimum Gasteiger partial charge on any atom is -0.379 e.